The summed E-state index contributed by atoms with van der Waals surface area (Å²) in [5.74, 6) is -0.442. The van der Waals surface area contributed by atoms with Gasteiger partial charge in [0.2, 0.25) is 5.91 Å². The third-order valence-corrected chi connectivity index (χ3v) is 1.52. The topological polar surface area (TPSA) is 91.2 Å². The highest BCUT2D eigenvalue weighted by Gasteiger charge is 2.20. The van der Waals surface area contributed by atoms with E-state index in [9.17, 15) is 9.59 Å². The fourth-order valence-electron chi connectivity index (χ4n) is 0.887. The summed E-state index contributed by atoms with van der Waals surface area (Å²) in [6.45, 7) is 8.10. The molecule has 0 aliphatic heterocycles. The smallest absolute Gasteiger partial charge is 0.408 e. The maximum absolute atomic E-state index is 11.4. The van der Waals surface area contributed by atoms with Crippen LogP contribution in [0, 0.1) is 11.3 Å². The molecule has 0 rings (SSSR count). The van der Waals surface area contributed by atoms with Gasteiger partial charge in [0.1, 0.15) is 17.7 Å². The van der Waals surface area contributed by atoms with Crippen molar-refractivity contribution in [2.75, 3.05) is 6.54 Å². The van der Waals surface area contributed by atoms with Crippen LogP contribution in [0.1, 0.15) is 34.6 Å². The van der Waals surface area contributed by atoms with Gasteiger partial charge in [0.25, 0.3) is 0 Å². The van der Waals surface area contributed by atoms with Crippen molar-refractivity contribution in [1.29, 1.82) is 5.26 Å². The first-order valence-electron chi connectivity index (χ1n) is 5.25. The molecule has 0 aliphatic rings. The molecule has 0 radical (unpaired) electrons. The van der Waals surface area contributed by atoms with Crippen molar-refractivity contribution in [2.45, 2.75) is 45.8 Å². The number of rotatable bonds is 3. The number of hydrogen-bond acceptors (Lipinski definition) is 4. The molecule has 0 heterocycles. The number of amides is 2. The van der Waals surface area contributed by atoms with Crippen molar-refractivity contribution in [3.05, 3.63) is 0 Å². The zero-order valence-corrected chi connectivity index (χ0v) is 10.9. The maximum Gasteiger partial charge on any atom is 0.408 e. The van der Waals surface area contributed by atoms with Crippen molar-refractivity contribution in [3.63, 3.8) is 0 Å². The SMILES string of the molecule is CC(C)(C#N)NC(=O)CNC(=O)OC(C)(C)C. The molecule has 0 saturated carbocycles. The number of nitrogens with zero attached hydrogens (tertiary/aromatic N) is 1. The van der Waals surface area contributed by atoms with Crippen molar-refractivity contribution >= 4 is 12.0 Å². The third-order valence-electron chi connectivity index (χ3n) is 1.52. The third kappa shape index (κ3) is 8.08. The first-order valence-corrected chi connectivity index (χ1v) is 5.25. The van der Waals surface area contributed by atoms with Gasteiger partial charge in [0.15, 0.2) is 0 Å². The molecule has 17 heavy (non-hydrogen) atoms. The first-order chi connectivity index (χ1) is 7.56. The minimum atomic E-state index is -0.952. The van der Waals surface area contributed by atoms with E-state index in [1.54, 1.807) is 34.6 Å². The molecule has 0 aliphatic carbocycles. The van der Waals surface area contributed by atoms with Gasteiger partial charge in [-0.2, -0.15) is 5.26 Å². The second-order valence-corrected chi connectivity index (χ2v) is 5.14. The summed E-state index contributed by atoms with van der Waals surface area (Å²) in [7, 11) is 0. The average Bonchev–Trinajstić information content (AvgIpc) is 2.11. The molecule has 2 amide bonds. The Morgan fingerprint density at radius 3 is 2.18 bits per heavy atom. The largest absolute Gasteiger partial charge is 0.444 e. The van der Waals surface area contributed by atoms with Gasteiger partial charge in [-0.15, -0.1) is 0 Å². The average molecular weight is 241 g/mol. The van der Waals surface area contributed by atoms with Crippen molar-refractivity contribution < 1.29 is 14.3 Å². The molecule has 0 unspecified atom stereocenters. The summed E-state index contributed by atoms with van der Waals surface area (Å²) in [5, 5.41) is 13.5. The number of carbonyl (C=O) groups excluding carboxylic acids is 2. The standard InChI is InChI=1S/C11H19N3O3/c1-10(2,3)17-9(16)13-6-8(15)14-11(4,5)7-12/h6H2,1-5H3,(H,13,16)(H,14,15). The number of nitrogens with one attached hydrogen (secondary N) is 2. The molecule has 6 nitrogen and oxygen atoms in total. The van der Waals surface area contributed by atoms with Crippen LogP contribution >= 0.6 is 0 Å². The minimum absolute atomic E-state index is 0.222. The highest BCUT2D eigenvalue weighted by atomic mass is 16.6. The Balaban J connectivity index is 4.03. The van der Waals surface area contributed by atoms with Gasteiger partial charge in [0, 0.05) is 0 Å². The predicted octanol–water partition coefficient (Wildman–Crippen LogP) is 0.929. The number of nitriles is 1. The molecule has 0 spiro atoms. The van der Waals surface area contributed by atoms with Gasteiger partial charge in [-0.3, -0.25) is 4.79 Å². The molecular formula is C11H19N3O3. The fraction of sp³-hybridized carbons (Fsp3) is 0.727. The molecule has 0 aromatic heterocycles. The van der Waals surface area contributed by atoms with Crippen LogP contribution in [0.5, 0.6) is 0 Å². The number of carbonyl (C=O) groups is 2. The molecule has 2 N–H and O–H groups in total. The van der Waals surface area contributed by atoms with Crippen LogP contribution in [-0.2, 0) is 9.53 Å². The lowest BCUT2D eigenvalue weighted by Gasteiger charge is -2.20. The van der Waals surface area contributed by atoms with Crippen LogP contribution in [0.15, 0.2) is 0 Å². The molecule has 0 bridgehead atoms. The highest BCUT2D eigenvalue weighted by Crippen LogP contribution is 2.06. The van der Waals surface area contributed by atoms with E-state index in [2.05, 4.69) is 10.6 Å². The zero-order chi connectivity index (χ0) is 13.7. The van der Waals surface area contributed by atoms with E-state index < -0.39 is 23.1 Å². The highest BCUT2D eigenvalue weighted by molar-refractivity contribution is 5.83. The van der Waals surface area contributed by atoms with Gasteiger partial charge in [-0.25, -0.2) is 4.79 Å². The lowest BCUT2D eigenvalue weighted by atomic mass is 10.1. The van der Waals surface area contributed by atoms with Gasteiger partial charge in [-0.05, 0) is 34.6 Å². The van der Waals surface area contributed by atoms with E-state index in [4.69, 9.17) is 10.00 Å². The molecule has 6 heteroatoms. The Bertz CT molecular complexity index is 337. The van der Waals surface area contributed by atoms with Crippen LogP contribution in [0.4, 0.5) is 4.79 Å². The number of alkyl carbamates (subject to hydrolysis) is 1. The molecule has 96 valence electrons. The van der Waals surface area contributed by atoms with Crippen LogP contribution in [-0.4, -0.2) is 29.7 Å². The van der Waals surface area contributed by atoms with E-state index in [1.807, 2.05) is 6.07 Å². The summed E-state index contributed by atoms with van der Waals surface area (Å²) in [4.78, 5) is 22.6. The van der Waals surface area contributed by atoms with Gasteiger partial charge in [-0.1, -0.05) is 0 Å². The summed E-state index contributed by atoms with van der Waals surface area (Å²) in [6.07, 6.45) is -0.664. The Kier molecular flexibility index (Phi) is 4.95. The fourth-order valence-corrected chi connectivity index (χ4v) is 0.887. The van der Waals surface area contributed by atoms with Gasteiger partial charge < -0.3 is 15.4 Å². The molecule has 0 fully saturated rings. The monoisotopic (exact) mass is 241 g/mol. The summed E-state index contributed by atoms with van der Waals surface area (Å²) in [5.41, 5.74) is -1.56. The summed E-state index contributed by atoms with van der Waals surface area (Å²) < 4.78 is 4.95. The second kappa shape index (κ2) is 5.53. The van der Waals surface area contributed by atoms with E-state index >= 15 is 0 Å². The van der Waals surface area contributed by atoms with E-state index in [1.165, 1.54) is 0 Å². The zero-order valence-electron chi connectivity index (χ0n) is 10.9. The van der Waals surface area contributed by atoms with E-state index in [0.29, 0.717) is 0 Å². The van der Waals surface area contributed by atoms with Gasteiger partial charge in [0.05, 0.1) is 6.07 Å². The Hall–Kier alpha value is -1.77. The number of ether oxygens (including phenoxy) is 1. The second-order valence-electron chi connectivity index (χ2n) is 5.14. The lowest BCUT2D eigenvalue weighted by molar-refractivity contribution is -0.121. The molecule has 0 aromatic rings. The maximum atomic E-state index is 11.4. The Morgan fingerprint density at radius 1 is 1.24 bits per heavy atom. The van der Waals surface area contributed by atoms with Crippen LogP contribution in [0.2, 0.25) is 0 Å². The Labute approximate surface area is 101 Å². The van der Waals surface area contributed by atoms with E-state index in [-0.39, 0.29) is 6.54 Å². The van der Waals surface area contributed by atoms with Crippen LogP contribution in [0.25, 0.3) is 0 Å². The predicted molar refractivity (Wildman–Crippen MR) is 62.1 cm³/mol. The van der Waals surface area contributed by atoms with E-state index in [0.717, 1.165) is 0 Å². The molecule has 0 atom stereocenters. The van der Waals surface area contributed by atoms with Crippen LogP contribution in [0.3, 0.4) is 0 Å². The van der Waals surface area contributed by atoms with Crippen molar-refractivity contribution in [3.8, 4) is 6.07 Å². The normalized spacial score (nSPS) is 11.3. The molecular weight excluding hydrogens is 222 g/mol. The lowest BCUT2D eigenvalue weighted by Crippen LogP contribution is -2.47. The summed E-state index contributed by atoms with van der Waals surface area (Å²) in [6, 6.07) is 1.92. The molecule has 0 aromatic carbocycles. The first kappa shape index (κ1) is 15.2. The minimum Gasteiger partial charge on any atom is -0.444 e. The molecule has 0 saturated heterocycles. The van der Waals surface area contributed by atoms with Crippen molar-refractivity contribution in [2.24, 2.45) is 0 Å². The van der Waals surface area contributed by atoms with Crippen molar-refractivity contribution in [1.82, 2.24) is 10.6 Å². The van der Waals surface area contributed by atoms with Gasteiger partial charge >= 0.3 is 6.09 Å². The number of hydrogen-bond donors (Lipinski definition) is 2. The Morgan fingerprint density at radius 2 is 1.76 bits per heavy atom. The summed E-state index contributed by atoms with van der Waals surface area (Å²) >= 11 is 0. The van der Waals surface area contributed by atoms with Crippen LogP contribution < -0.4 is 10.6 Å². The quantitative estimate of drug-likeness (QED) is 0.769.